The fourth-order valence-electron chi connectivity index (χ4n) is 1.80. The second-order valence-electron chi connectivity index (χ2n) is 4.00. The van der Waals surface area contributed by atoms with Crippen molar-refractivity contribution in [1.29, 1.82) is 0 Å². The van der Waals surface area contributed by atoms with E-state index in [1.54, 1.807) is 12.1 Å². The van der Waals surface area contributed by atoms with Gasteiger partial charge in [-0.25, -0.2) is 4.39 Å². The van der Waals surface area contributed by atoms with Gasteiger partial charge in [0.05, 0.1) is 28.9 Å². The maximum absolute atomic E-state index is 13.9. The molecule has 0 spiro atoms. The number of rotatable bonds is 3. The van der Waals surface area contributed by atoms with Gasteiger partial charge in [-0.2, -0.15) is 0 Å². The second kappa shape index (κ2) is 5.81. The number of nitrogen functional groups attached to an aromatic ring is 1. The zero-order valence-corrected chi connectivity index (χ0v) is 12.8. The van der Waals surface area contributed by atoms with Crippen molar-refractivity contribution in [2.24, 2.45) is 0 Å². The highest BCUT2D eigenvalue weighted by Gasteiger charge is 2.20. The molecule has 0 heterocycles. The number of anilines is 1. The van der Waals surface area contributed by atoms with Gasteiger partial charge in [0.1, 0.15) is 5.82 Å². The Balaban J connectivity index is 2.58. The van der Waals surface area contributed by atoms with Crippen LogP contribution in [0.25, 0.3) is 0 Å². The summed E-state index contributed by atoms with van der Waals surface area (Å²) in [5.74, 6) is -0.993. The van der Waals surface area contributed by atoms with Crippen molar-refractivity contribution in [3.63, 3.8) is 0 Å². The van der Waals surface area contributed by atoms with E-state index in [9.17, 15) is 9.18 Å². The van der Waals surface area contributed by atoms with Crippen molar-refractivity contribution in [3.8, 4) is 5.75 Å². The molecular weight excluding hydrogens is 349 g/mol. The summed E-state index contributed by atoms with van der Waals surface area (Å²) in [4.78, 5) is 12.4. The first-order valence-electron chi connectivity index (χ1n) is 5.57. The van der Waals surface area contributed by atoms with Crippen LogP contribution < -0.4 is 10.5 Å². The van der Waals surface area contributed by atoms with Gasteiger partial charge in [-0.3, -0.25) is 4.79 Å². The molecule has 0 saturated carbocycles. The zero-order chi connectivity index (χ0) is 14.9. The number of halogens is 3. The smallest absolute Gasteiger partial charge is 0.199 e. The van der Waals surface area contributed by atoms with Crippen LogP contribution in [0.2, 0.25) is 5.02 Å². The highest BCUT2D eigenvalue weighted by atomic mass is 79.9. The van der Waals surface area contributed by atoms with Crippen LogP contribution in [0.5, 0.6) is 5.75 Å². The van der Waals surface area contributed by atoms with Crippen LogP contribution in [0.1, 0.15) is 15.9 Å². The fourth-order valence-corrected chi connectivity index (χ4v) is 2.28. The minimum Gasteiger partial charge on any atom is -0.494 e. The predicted octanol–water partition coefficient (Wildman–Crippen LogP) is 4.06. The van der Waals surface area contributed by atoms with E-state index in [1.807, 2.05) is 0 Å². The Labute approximate surface area is 128 Å². The number of hydrogen-bond donors (Lipinski definition) is 1. The van der Waals surface area contributed by atoms with Gasteiger partial charge in [-0.15, -0.1) is 0 Å². The summed E-state index contributed by atoms with van der Waals surface area (Å²) < 4.78 is 19.4. The lowest BCUT2D eigenvalue weighted by Gasteiger charge is -2.11. The van der Waals surface area contributed by atoms with Crippen molar-refractivity contribution in [2.45, 2.75) is 0 Å². The quantitative estimate of drug-likeness (QED) is 0.511. The molecule has 2 aromatic carbocycles. The molecule has 0 atom stereocenters. The van der Waals surface area contributed by atoms with E-state index in [0.29, 0.717) is 10.2 Å². The Kier molecular flexibility index (Phi) is 4.30. The van der Waals surface area contributed by atoms with Gasteiger partial charge in [0.15, 0.2) is 11.5 Å². The summed E-state index contributed by atoms with van der Waals surface area (Å²) in [5, 5.41) is 0.248. The topological polar surface area (TPSA) is 52.3 Å². The predicted molar refractivity (Wildman–Crippen MR) is 79.9 cm³/mol. The first kappa shape index (κ1) is 14.8. The molecule has 104 valence electrons. The Morgan fingerprint density at radius 1 is 1.35 bits per heavy atom. The number of carbonyl (C=O) groups excluding carboxylic acids is 1. The Bertz CT molecular complexity index is 691. The number of para-hydroxylation sites is 1. The second-order valence-corrected chi connectivity index (χ2v) is 5.26. The monoisotopic (exact) mass is 357 g/mol. The van der Waals surface area contributed by atoms with Crippen LogP contribution >= 0.6 is 27.5 Å². The molecule has 2 rings (SSSR count). The number of ether oxygens (including phenoxy) is 1. The maximum atomic E-state index is 13.9. The summed E-state index contributed by atoms with van der Waals surface area (Å²) in [6.45, 7) is 0. The molecule has 0 saturated heterocycles. The molecule has 0 unspecified atom stereocenters. The van der Waals surface area contributed by atoms with Gasteiger partial charge in [0, 0.05) is 4.47 Å². The van der Waals surface area contributed by atoms with Crippen LogP contribution in [0.15, 0.2) is 34.8 Å². The third-order valence-electron chi connectivity index (χ3n) is 2.75. The lowest BCUT2D eigenvalue weighted by Crippen LogP contribution is -2.08. The number of nitrogens with two attached hydrogens (primary N) is 1. The molecule has 20 heavy (non-hydrogen) atoms. The minimum atomic E-state index is -0.671. The SMILES string of the molecule is COc1c(N)cccc1C(=O)c1cc(Cl)c(Br)cc1F. The summed E-state index contributed by atoms with van der Waals surface area (Å²) in [5.41, 5.74) is 6.09. The zero-order valence-electron chi connectivity index (χ0n) is 10.4. The Hall–Kier alpha value is -1.59. The minimum absolute atomic E-state index is 0.137. The molecule has 2 N–H and O–H groups in total. The summed E-state index contributed by atoms with van der Waals surface area (Å²) >= 11 is 9.00. The molecule has 0 radical (unpaired) electrons. The number of benzene rings is 2. The van der Waals surface area contributed by atoms with Gasteiger partial charge in [-0.05, 0) is 40.2 Å². The lowest BCUT2D eigenvalue weighted by molar-refractivity contribution is 0.103. The van der Waals surface area contributed by atoms with E-state index in [0.717, 1.165) is 6.07 Å². The molecule has 0 aliphatic rings. The average Bonchev–Trinajstić information content (AvgIpc) is 2.41. The molecule has 3 nitrogen and oxygen atoms in total. The van der Waals surface area contributed by atoms with Gasteiger partial charge in [0.25, 0.3) is 0 Å². The number of methoxy groups -OCH3 is 1. The van der Waals surface area contributed by atoms with Crippen LogP contribution in [-0.2, 0) is 0 Å². The number of carbonyl (C=O) groups is 1. The van der Waals surface area contributed by atoms with Gasteiger partial charge < -0.3 is 10.5 Å². The van der Waals surface area contributed by atoms with Gasteiger partial charge in [0.2, 0.25) is 0 Å². The van der Waals surface area contributed by atoms with E-state index in [4.69, 9.17) is 22.1 Å². The first-order valence-corrected chi connectivity index (χ1v) is 6.74. The summed E-state index contributed by atoms with van der Waals surface area (Å²) in [7, 11) is 1.40. The molecule has 6 heteroatoms. The van der Waals surface area contributed by atoms with Crippen molar-refractivity contribution in [2.75, 3.05) is 12.8 Å². The lowest BCUT2D eigenvalue weighted by atomic mass is 10.0. The van der Waals surface area contributed by atoms with Crippen LogP contribution in [0, 0.1) is 5.82 Å². The van der Waals surface area contributed by atoms with E-state index < -0.39 is 11.6 Å². The van der Waals surface area contributed by atoms with Crippen molar-refractivity contribution in [3.05, 3.63) is 56.8 Å². The fraction of sp³-hybridized carbons (Fsp3) is 0.0714. The largest absolute Gasteiger partial charge is 0.494 e. The molecule has 0 aromatic heterocycles. The number of hydrogen-bond acceptors (Lipinski definition) is 3. The van der Waals surface area contributed by atoms with Crippen LogP contribution in [0.3, 0.4) is 0 Å². The normalized spacial score (nSPS) is 10.4. The highest BCUT2D eigenvalue weighted by molar-refractivity contribution is 9.10. The highest BCUT2D eigenvalue weighted by Crippen LogP contribution is 2.31. The molecule has 0 amide bonds. The molecule has 0 aliphatic carbocycles. The standard InChI is InChI=1S/C14H10BrClFNO2/c1-20-14-7(3-2-4-12(14)18)13(19)8-5-10(16)9(15)6-11(8)17/h2-6H,18H2,1H3. The van der Waals surface area contributed by atoms with E-state index >= 15 is 0 Å². The molecule has 0 fully saturated rings. The molecule has 0 aliphatic heterocycles. The van der Waals surface area contributed by atoms with E-state index in [2.05, 4.69) is 15.9 Å². The number of ketones is 1. The van der Waals surface area contributed by atoms with E-state index in [1.165, 1.54) is 19.2 Å². The Morgan fingerprint density at radius 2 is 2.05 bits per heavy atom. The third-order valence-corrected chi connectivity index (χ3v) is 3.95. The van der Waals surface area contributed by atoms with Crippen molar-refractivity contribution in [1.82, 2.24) is 0 Å². The van der Waals surface area contributed by atoms with Crippen molar-refractivity contribution < 1.29 is 13.9 Å². The molecular formula is C14H10BrClFNO2. The van der Waals surface area contributed by atoms with Crippen molar-refractivity contribution >= 4 is 39.0 Å². The van der Waals surface area contributed by atoms with Crippen LogP contribution in [0.4, 0.5) is 10.1 Å². The summed E-state index contributed by atoms with van der Waals surface area (Å²) in [6.07, 6.45) is 0. The third kappa shape index (κ3) is 2.64. The molecule has 0 bridgehead atoms. The van der Waals surface area contributed by atoms with Gasteiger partial charge >= 0.3 is 0 Å². The maximum Gasteiger partial charge on any atom is 0.199 e. The van der Waals surface area contributed by atoms with Gasteiger partial charge in [-0.1, -0.05) is 17.7 Å². The van der Waals surface area contributed by atoms with Crippen LogP contribution in [-0.4, -0.2) is 12.9 Å². The summed E-state index contributed by atoms with van der Waals surface area (Å²) in [6, 6.07) is 7.14. The first-order chi connectivity index (χ1) is 9.45. The van der Waals surface area contributed by atoms with E-state index in [-0.39, 0.29) is 21.9 Å². The molecule has 2 aromatic rings. The Morgan fingerprint density at radius 3 is 2.70 bits per heavy atom. The average molecular weight is 359 g/mol.